The second kappa shape index (κ2) is 12.6. The van der Waals surface area contributed by atoms with E-state index in [0.29, 0.717) is 30.2 Å². The number of hydrogen-bond donors (Lipinski definition) is 1. The molecule has 9 nitrogen and oxygen atoms in total. The zero-order chi connectivity index (χ0) is 25.4. The van der Waals surface area contributed by atoms with E-state index < -0.39 is 0 Å². The van der Waals surface area contributed by atoms with E-state index in [-0.39, 0.29) is 36.5 Å². The number of fused-ring (bicyclic) bond motifs is 1. The van der Waals surface area contributed by atoms with Crippen LogP contribution in [0.25, 0.3) is 0 Å². The maximum atomic E-state index is 13.3. The molecule has 0 bridgehead atoms. The standard InChI is InChI=1S/C26H36N4O5/c1-18-13-30(14-20-8-10-27-11-9-20)19(2)16-35-23-12-21(28-25(31)17-33-4)6-7-22(23)26(32)29(3)15-24(18)34-5/h6-12,18-19,24H,13-17H2,1-5H3,(H,28,31)/t18-,19-,24+/m1/s1. The summed E-state index contributed by atoms with van der Waals surface area (Å²) < 4.78 is 16.9. The molecule has 0 spiro atoms. The van der Waals surface area contributed by atoms with Crippen LogP contribution in [0.1, 0.15) is 29.8 Å². The maximum Gasteiger partial charge on any atom is 0.257 e. The Hall–Kier alpha value is -3.01. The predicted octanol–water partition coefficient (Wildman–Crippen LogP) is 2.67. The lowest BCUT2D eigenvalue weighted by molar-refractivity contribution is -0.119. The minimum atomic E-state index is -0.280. The molecule has 190 valence electrons. The van der Waals surface area contributed by atoms with Crippen molar-refractivity contribution < 1.29 is 23.8 Å². The summed E-state index contributed by atoms with van der Waals surface area (Å²) in [4.78, 5) is 33.5. The van der Waals surface area contributed by atoms with Crippen LogP contribution < -0.4 is 10.1 Å². The Morgan fingerprint density at radius 2 is 1.91 bits per heavy atom. The number of carbonyl (C=O) groups excluding carboxylic acids is 2. The van der Waals surface area contributed by atoms with Crippen molar-refractivity contribution >= 4 is 17.5 Å². The molecule has 0 unspecified atom stereocenters. The van der Waals surface area contributed by atoms with Gasteiger partial charge in [0.15, 0.2) is 0 Å². The van der Waals surface area contributed by atoms with Crippen LogP contribution in [0.5, 0.6) is 5.75 Å². The Bertz CT molecular complexity index is 987. The number of anilines is 1. The molecular formula is C26H36N4O5. The zero-order valence-electron chi connectivity index (χ0n) is 21.2. The van der Waals surface area contributed by atoms with E-state index in [9.17, 15) is 9.59 Å². The Morgan fingerprint density at radius 1 is 1.17 bits per heavy atom. The Labute approximate surface area is 207 Å². The topological polar surface area (TPSA) is 93.2 Å². The van der Waals surface area contributed by atoms with Crippen LogP contribution >= 0.6 is 0 Å². The number of aromatic nitrogens is 1. The highest BCUT2D eigenvalue weighted by Crippen LogP contribution is 2.27. The number of pyridine rings is 1. The van der Waals surface area contributed by atoms with Crippen LogP contribution in [0.15, 0.2) is 42.7 Å². The third-order valence-electron chi connectivity index (χ3n) is 6.27. The van der Waals surface area contributed by atoms with Gasteiger partial charge < -0.3 is 24.4 Å². The lowest BCUT2D eigenvalue weighted by Crippen LogP contribution is -2.46. The van der Waals surface area contributed by atoms with E-state index in [1.165, 1.54) is 7.11 Å². The molecule has 0 saturated heterocycles. The fourth-order valence-electron chi connectivity index (χ4n) is 4.20. The van der Waals surface area contributed by atoms with Crippen LogP contribution in [-0.2, 0) is 20.8 Å². The summed E-state index contributed by atoms with van der Waals surface area (Å²) in [5, 5.41) is 2.77. The Morgan fingerprint density at radius 3 is 2.60 bits per heavy atom. The van der Waals surface area contributed by atoms with Crippen LogP contribution in [-0.4, -0.2) is 86.3 Å². The number of carbonyl (C=O) groups is 2. The average Bonchev–Trinajstić information content (AvgIpc) is 2.85. The van der Waals surface area contributed by atoms with E-state index in [4.69, 9.17) is 14.2 Å². The van der Waals surface area contributed by atoms with E-state index in [0.717, 1.165) is 18.7 Å². The van der Waals surface area contributed by atoms with Crippen molar-refractivity contribution in [2.24, 2.45) is 5.92 Å². The molecule has 1 aliphatic heterocycles. The summed E-state index contributed by atoms with van der Waals surface area (Å²) in [6.07, 6.45) is 3.46. The van der Waals surface area contributed by atoms with Gasteiger partial charge in [-0.2, -0.15) is 0 Å². The Balaban J connectivity index is 1.92. The molecule has 3 rings (SSSR count). The van der Waals surface area contributed by atoms with Crippen molar-refractivity contribution in [1.29, 1.82) is 0 Å². The Kier molecular flexibility index (Phi) is 9.59. The molecule has 35 heavy (non-hydrogen) atoms. The van der Waals surface area contributed by atoms with Crippen LogP contribution in [0.3, 0.4) is 0 Å². The molecule has 0 aliphatic carbocycles. The number of rotatable bonds is 6. The van der Waals surface area contributed by atoms with Crippen molar-refractivity contribution in [3.05, 3.63) is 53.9 Å². The van der Waals surface area contributed by atoms with Crippen molar-refractivity contribution in [1.82, 2.24) is 14.8 Å². The summed E-state index contributed by atoms with van der Waals surface area (Å²) in [5.74, 6) is 0.163. The summed E-state index contributed by atoms with van der Waals surface area (Å²) in [6.45, 7) is 6.52. The maximum absolute atomic E-state index is 13.3. The number of benzene rings is 1. The fraction of sp³-hybridized carbons (Fsp3) is 0.500. The highest BCUT2D eigenvalue weighted by atomic mass is 16.5. The summed E-state index contributed by atoms with van der Waals surface area (Å²) in [6, 6.07) is 9.15. The van der Waals surface area contributed by atoms with Gasteiger partial charge in [-0.1, -0.05) is 6.92 Å². The third-order valence-corrected chi connectivity index (χ3v) is 6.27. The van der Waals surface area contributed by atoms with E-state index in [1.54, 1.807) is 49.7 Å². The fourth-order valence-corrected chi connectivity index (χ4v) is 4.20. The third kappa shape index (κ3) is 7.24. The van der Waals surface area contributed by atoms with Gasteiger partial charge in [0.1, 0.15) is 19.0 Å². The predicted molar refractivity (Wildman–Crippen MR) is 133 cm³/mol. The summed E-state index contributed by atoms with van der Waals surface area (Å²) in [7, 11) is 4.92. The molecule has 1 N–H and O–H groups in total. The SMILES string of the molecule is COCC(=O)Nc1ccc2c(c1)OC[C@@H](C)N(Cc1ccncc1)C[C@@H](C)[C@@H](OC)CN(C)C2=O. The van der Waals surface area contributed by atoms with Crippen molar-refractivity contribution in [3.8, 4) is 5.75 Å². The average molecular weight is 485 g/mol. The zero-order valence-corrected chi connectivity index (χ0v) is 21.2. The smallest absolute Gasteiger partial charge is 0.257 e. The molecular weight excluding hydrogens is 448 g/mol. The van der Waals surface area contributed by atoms with E-state index >= 15 is 0 Å². The molecule has 1 aromatic carbocycles. The van der Waals surface area contributed by atoms with E-state index in [2.05, 4.69) is 29.0 Å². The van der Waals surface area contributed by atoms with Gasteiger partial charge in [0, 0.05) is 71.1 Å². The van der Waals surface area contributed by atoms with Gasteiger partial charge >= 0.3 is 0 Å². The van der Waals surface area contributed by atoms with Gasteiger partial charge in [-0.25, -0.2) is 0 Å². The highest BCUT2D eigenvalue weighted by Gasteiger charge is 2.28. The largest absolute Gasteiger partial charge is 0.491 e. The van der Waals surface area contributed by atoms with Crippen molar-refractivity contribution in [3.63, 3.8) is 0 Å². The lowest BCUT2D eigenvalue weighted by Gasteiger charge is -2.36. The normalized spacial score (nSPS) is 21.9. The number of likely N-dealkylation sites (N-methyl/N-ethyl adjacent to an activating group) is 1. The molecule has 3 atom stereocenters. The first-order valence-corrected chi connectivity index (χ1v) is 11.8. The van der Waals surface area contributed by atoms with E-state index in [1.807, 2.05) is 12.1 Å². The number of methoxy groups -OCH3 is 2. The van der Waals surface area contributed by atoms with Crippen LogP contribution in [0.4, 0.5) is 5.69 Å². The van der Waals surface area contributed by atoms with Gasteiger partial charge in [-0.05, 0) is 42.7 Å². The van der Waals surface area contributed by atoms with Gasteiger partial charge in [0.25, 0.3) is 5.91 Å². The van der Waals surface area contributed by atoms with Gasteiger partial charge in [-0.15, -0.1) is 0 Å². The molecule has 1 aromatic heterocycles. The highest BCUT2D eigenvalue weighted by molar-refractivity contribution is 5.98. The molecule has 2 heterocycles. The van der Waals surface area contributed by atoms with Gasteiger partial charge in [0.2, 0.25) is 5.91 Å². The first kappa shape index (κ1) is 26.6. The quantitative estimate of drug-likeness (QED) is 0.674. The van der Waals surface area contributed by atoms with Crippen molar-refractivity contribution in [2.75, 3.05) is 52.9 Å². The molecule has 9 heteroatoms. The second-order valence-corrected chi connectivity index (χ2v) is 9.07. The number of nitrogens with one attached hydrogen (secondary N) is 1. The first-order chi connectivity index (χ1) is 16.8. The second-order valence-electron chi connectivity index (χ2n) is 9.07. The van der Waals surface area contributed by atoms with Gasteiger partial charge in [0.05, 0.1) is 11.7 Å². The number of amides is 2. The molecule has 1 aliphatic rings. The summed E-state index contributed by atoms with van der Waals surface area (Å²) in [5.41, 5.74) is 2.14. The lowest BCUT2D eigenvalue weighted by atomic mass is 10.0. The number of ether oxygens (including phenoxy) is 3. The monoisotopic (exact) mass is 484 g/mol. The molecule has 0 saturated carbocycles. The van der Waals surface area contributed by atoms with Crippen molar-refractivity contribution in [2.45, 2.75) is 32.5 Å². The number of hydrogen-bond acceptors (Lipinski definition) is 7. The van der Waals surface area contributed by atoms with Crippen LogP contribution in [0, 0.1) is 5.92 Å². The van der Waals surface area contributed by atoms with Crippen LogP contribution in [0.2, 0.25) is 0 Å². The molecule has 2 aromatic rings. The molecule has 0 fully saturated rings. The summed E-state index contributed by atoms with van der Waals surface area (Å²) >= 11 is 0. The minimum Gasteiger partial charge on any atom is -0.491 e. The molecule has 0 radical (unpaired) electrons. The number of nitrogens with zero attached hydrogens (tertiary/aromatic N) is 3. The van der Waals surface area contributed by atoms with Gasteiger partial charge in [-0.3, -0.25) is 19.5 Å². The first-order valence-electron chi connectivity index (χ1n) is 11.8. The minimum absolute atomic E-state index is 0.0509. The molecule has 2 amide bonds.